The van der Waals surface area contributed by atoms with Crippen LogP contribution in [0.25, 0.3) is 0 Å². The van der Waals surface area contributed by atoms with Crippen molar-refractivity contribution >= 4 is 15.9 Å². The van der Waals surface area contributed by atoms with Crippen LogP contribution in [0.15, 0.2) is 22.6 Å². The van der Waals surface area contributed by atoms with Crippen molar-refractivity contribution in [3.63, 3.8) is 0 Å². The zero-order valence-corrected chi connectivity index (χ0v) is 8.28. The zero-order valence-electron chi connectivity index (χ0n) is 11.7. The first-order valence-electron chi connectivity index (χ1n) is 6.01. The minimum atomic E-state index is -2.13. The molecule has 2 nitrogen and oxygen atoms in total. The van der Waals surface area contributed by atoms with Gasteiger partial charge >= 0.3 is 0 Å². The summed E-state index contributed by atoms with van der Waals surface area (Å²) < 4.78 is 49.8. The van der Waals surface area contributed by atoms with Gasteiger partial charge in [-0.25, -0.2) is 0 Å². The molecule has 1 aliphatic carbocycles. The number of hydrogen-bond acceptors (Lipinski definition) is 2. The van der Waals surface area contributed by atoms with Crippen LogP contribution in [0.3, 0.4) is 0 Å². The molecule has 2 atom stereocenters. The van der Waals surface area contributed by atoms with Gasteiger partial charge in [-0.1, -0.05) is 28.0 Å². The number of halogens is 1. The van der Waals surface area contributed by atoms with Crippen molar-refractivity contribution in [2.75, 3.05) is 0 Å². The fourth-order valence-electron chi connectivity index (χ4n) is 1.03. The number of rotatable bonds is 0. The van der Waals surface area contributed by atoms with Crippen LogP contribution in [0.1, 0.15) is 20.7 Å². The summed E-state index contributed by atoms with van der Waals surface area (Å²) in [6.45, 7) is 3.05. The molecule has 0 spiro atoms. The molecule has 1 fully saturated rings. The van der Waals surface area contributed by atoms with Crippen molar-refractivity contribution in [3.05, 3.63) is 22.6 Å². The molecular formula is C9H11BrO2. The lowest BCUT2D eigenvalue weighted by molar-refractivity contribution is -0.139. The molecule has 2 aliphatic rings. The lowest BCUT2D eigenvalue weighted by Crippen LogP contribution is -2.22. The summed E-state index contributed by atoms with van der Waals surface area (Å²) in [6.07, 6.45) is -4.15. The van der Waals surface area contributed by atoms with Crippen LogP contribution in [0.4, 0.5) is 0 Å². The minimum Gasteiger partial charge on any atom is -0.340 e. The van der Waals surface area contributed by atoms with Crippen molar-refractivity contribution in [1.29, 1.82) is 0 Å². The molecule has 1 aliphatic heterocycles. The molecule has 0 N–H and O–H groups in total. The second kappa shape index (κ2) is 2.69. The van der Waals surface area contributed by atoms with Crippen molar-refractivity contribution in [2.45, 2.75) is 31.8 Å². The Balaban J connectivity index is 2.70. The molecule has 1 heterocycles. The van der Waals surface area contributed by atoms with Gasteiger partial charge < -0.3 is 9.47 Å². The molecule has 0 aromatic carbocycles. The van der Waals surface area contributed by atoms with Gasteiger partial charge in [0, 0.05) is 4.48 Å². The van der Waals surface area contributed by atoms with E-state index in [4.69, 9.17) is 16.3 Å². The summed E-state index contributed by atoms with van der Waals surface area (Å²) in [5.74, 6) is -1.22. The molecule has 0 aromatic rings. The van der Waals surface area contributed by atoms with E-state index < -0.39 is 30.1 Å². The van der Waals surface area contributed by atoms with E-state index in [-0.39, 0.29) is 10.5 Å². The predicted molar refractivity (Wildman–Crippen MR) is 50.0 cm³/mol. The molecular weight excluding hydrogens is 220 g/mol. The third-order valence-corrected chi connectivity index (χ3v) is 2.01. The summed E-state index contributed by atoms with van der Waals surface area (Å²) in [4.78, 5) is 0. The van der Waals surface area contributed by atoms with Crippen molar-refractivity contribution in [3.8, 4) is 0 Å². The Morgan fingerprint density at radius 2 is 2.42 bits per heavy atom. The fraction of sp³-hybridized carbons (Fsp3) is 0.556. The number of allylic oxidation sites excluding steroid dienone is 2. The van der Waals surface area contributed by atoms with Crippen LogP contribution in [-0.4, -0.2) is 17.9 Å². The molecule has 0 bridgehead atoms. The van der Waals surface area contributed by atoms with Crippen molar-refractivity contribution in [2.24, 2.45) is 0 Å². The lowest BCUT2D eigenvalue weighted by Gasteiger charge is -2.16. The average Bonchev–Trinajstić information content (AvgIpc) is 2.41. The van der Waals surface area contributed by atoms with E-state index in [1.807, 2.05) is 0 Å². The second-order valence-electron chi connectivity index (χ2n) is 2.95. The Kier molecular flexibility index (Phi) is 0.985. The Hall–Kier alpha value is -0.120. The first kappa shape index (κ1) is 4.40. The van der Waals surface area contributed by atoms with Crippen LogP contribution in [0, 0.1) is 0 Å². The van der Waals surface area contributed by atoms with E-state index in [0.717, 1.165) is 0 Å². The van der Waals surface area contributed by atoms with E-state index in [1.165, 1.54) is 13.8 Å². The van der Waals surface area contributed by atoms with Gasteiger partial charge in [0.15, 0.2) is 5.79 Å². The first-order valence-corrected chi connectivity index (χ1v) is 4.30. The topological polar surface area (TPSA) is 18.5 Å². The molecule has 1 saturated heterocycles. The molecule has 0 aromatic heterocycles. The predicted octanol–water partition coefficient (Wildman–Crippen LogP) is 2.36. The van der Waals surface area contributed by atoms with Gasteiger partial charge in [-0.05, 0) is 19.9 Å². The van der Waals surface area contributed by atoms with Crippen molar-refractivity contribution < 1.29 is 16.3 Å². The summed E-state index contributed by atoms with van der Waals surface area (Å²) in [7, 11) is 0. The van der Waals surface area contributed by atoms with Crippen LogP contribution < -0.4 is 0 Å². The van der Waals surface area contributed by atoms with Gasteiger partial charge in [0.2, 0.25) is 0 Å². The highest BCUT2D eigenvalue weighted by Crippen LogP contribution is 2.36. The molecule has 0 saturated carbocycles. The second-order valence-corrected chi connectivity index (χ2v) is 3.74. The van der Waals surface area contributed by atoms with E-state index >= 15 is 0 Å². The molecule has 3 heteroatoms. The summed E-state index contributed by atoms with van der Waals surface area (Å²) in [6, 6.07) is -1.29. The van der Waals surface area contributed by atoms with Crippen LogP contribution in [0.5, 0.6) is 0 Å². The maximum atomic E-state index is 8.15. The molecule has 12 heavy (non-hydrogen) atoms. The van der Waals surface area contributed by atoms with E-state index in [2.05, 4.69) is 15.9 Å². The zero-order chi connectivity index (χ0) is 13.2. The molecule has 2 rings (SSSR count). The van der Waals surface area contributed by atoms with Crippen LogP contribution in [-0.2, 0) is 9.47 Å². The largest absolute Gasteiger partial charge is 0.340 e. The molecule has 0 amide bonds. The third kappa shape index (κ3) is 1.37. The highest BCUT2D eigenvalue weighted by molar-refractivity contribution is 9.11. The van der Waals surface area contributed by atoms with Crippen LogP contribution >= 0.6 is 15.9 Å². The fourth-order valence-corrected chi connectivity index (χ4v) is 1.39. The standard InChI is InChI=1S/C9H11BrO2/c1-9(2)11-7-5-3-4-6(10)8(7)12-9/h3-5,7-8H,1-2H3/t7-,8+/m0/s1/i3D,4D,5D,7D,8D. The molecule has 0 unspecified atom stereocenters. The summed E-state index contributed by atoms with van der Waals surface area (Å²) in [5.41, 5.74) is 0. The number of hydrogen-bond donors (Lipinski definition) is 0. The lowest BCUT2D eigenvalue weighted by atomic mass is 10.1. The summed E-state index contributed by atoms with van der Waals surface area (Å²) in [5, 5.41) is 0. The van der Waals surface area contributed by atoms with E-state index in [9.17, 15) is 0 Å². The third-order valence-electron chi connectivity index (χ3n) is 1.45. The van der Waals surface area contributed by atoms with E-state index in [1.54, 1.807) is 0 Å². The van der Waals surface area contributed by atoms with Gasteiger partial charge in [-0.15, -0.1) is 0 Å². The monoisotopic (exact) mass is 235 g/mol. The van der Waals surface area contributed by atoms with Gasteiger partial charge in [0.1, 0.15) is 12.2 Å². The smallest absolute Gasteiger partial charge is 0.164 e. The number of fused-ring (bicyclic) bond motifs is 1. The van der Waals surface area contributed by atoms with Gasteiger partial charge in [0.05, 0.1) is 6.85 Å². The maximum absolute atomic E-state index is 8.15. The number of ether oxygens (including phenoxy) is 2. The maximum Gasteiger partial charge on any atom is 0.164 e. The highest BCUT2D eigenvalue weighted by atomic mass is 79.9. The Bertz CT molecular complexity index is 420. The van der Waals surface area contributed by atoms with Crippen LogP contribution in [0.2, 0.25) is 0 Å². The normalized spacial score (nSPS) is 58.4. The summed E-state index contributed by atoms with van der Waals surface area (Å²) >= 11 is 3.01. The first-order chi connectivity index (χ1) is 7.55. The van der Waals surface area contributed by atoms with Gasteiger partial charge in [-0.2, -0.15) is 0 Å². The van der Waals surface area contributed by atoms with Crippen molar-refractivity contribution in [1.82, 2.24) is 0 Å². The Morgan fingerprint density at radius 3 is 3.17 bits per heavy atom. The SMILES string of the molecule is [2H]C1=C([2H])[C@]2([2H])OC(C)(C)O[C@]2([2H])C(Br)=C1[2H]. The highest BCUT2D eigenvalue weighted by Gasteiger charge is 2.41. The Morgan fingerprint density at radius 1 is 1.67 bits per heavy atom. The van der Waals surface area contributed by atoms with Gasteiger partial charge in [-0.3, -0.25) is 0 Å². The van der Waals surface area contributed by atoms with E-state index in [0.29, 0.717) is 0 Å². The average molecular weight is 236 g/mol. The molecule has 0 radical (unpaired) electrons. The quantitative estimate of drug-likeness (QED) is 0.642. The molecule has 66 valence electrons. The Labute approximate surface area is 87.4 Å². The van der Waals surface area contributed by atoms with Gasteiger partial charge in [0.25, 0.3) is 0 Å². The minimum absolute atomic E-state index is 0.0634.